The molecule has 0 spiro atoms. The second-order valence-electron chi connectivity index (χ2n) is 4.60. The molecule has 2 heteroatoms. The first kappa shape index (κ1) is 12.8. The van der Waals surface area contributed by atoms with E-state index < -0.39 is 0 Å². The second kappa shape index (κ2) is 5.32. The normalized spacial score (nSPS) is 12.4. The van der Waals surface area contributed by atoms with Crippen molar-refractivity contribution >= 4 is 0 Å². The van der Waals surface area contributed by atoms with Crippen LogP contribution in [0.5, 0.6) is 0 Å². The van der Waals surface area contributed by atoms with Gasteiger partial charge in [0.15, 0.2) is 0 Å². The monoisotopic (exact) mass is 243 g/mol. The molecule has 1 N–H and O–H groups in total. The predicted molar refractivity (Wildman–Crippen MR) is 73.2 cm³/mol. The van der Waals surface area contributed by atoms with E-state index in [0.717, 1.165) is 16.7 Å². The molecule has 0 amide bonds. The summed E-state index contributed by atoms with van der Waals surface area (Å²) in [5, 5.41) is 3.20. The Hall–Kier alpha value is -1.67. The number of benzene rings is 2. The van der Waals surface area contributed by atoms with Crippen molar-refractivity contribution in [3.05, 3.63) is 70.5 Å². The minimum atomic E-state index is -0.155. The summed E-state index contributed by atoms with van der Waals surface area (Å²) in [6.07, 6.45) is 0. The predicted octanol–water partition coefficient (Wildman–Crippen LogP) is 3.75. The van der Waals surface area contributed by atoms with Gasteiger partial charge in [-0.3, -0.25) is 0 Å². The maximum Gasteiger partial charge on any atom is 0.128 e. The molecule has 2 aromatic carbocycles. The molecule has 0 saturated carbocycles. The van der Waals surface area contributed by atoms with Crippen LogP contribution in [-0.4, -0.2) is 7.05 Å². The minimum Gasteiger partial charge on any atom is -0.309 e. The molecule has 2 aromatic rings. The Balaban J connectivity index is 2.49. The van der Waals surface area contributed by atoms with Crippen molar-refractivity contribution in [3.8, 4) is 0 Å². The van der Waals surface area contributed by atoms with Crippen LogP contribution >= 0.6 is 0 Å². The molecule has 0 saturated heterocycles. The van der Waals surface area contributed by atoms with Gasteiger partial charge in [0.2, 0.25) is 0 Å². The van der Waals surface area contributed by atoms with Crippen LogP contribution in [0.3, 0.4) is 0 Å². The van der Waals surface area contributed by atoms with Crippen LogP contribution < -0.4 is 5.32 Å². The molecule has 0 aliphatic rings. The van der Waals surface area contributed by atoms with Crippen molar-refractivity contribution in [3.63, 3.8) is 0 Å². The number of hydrogen-bond acceptors (Lipinski definition) is 1. The lowest BCUT2D eigenvalue weighted by molar-refractivity contribution is 0.574. The molecular weight excluding hydrogens is 225 g/mol. The number of rotatable bonds is 3. The Bertz CT molecular complexity index is 549. The van der Waals surface area contributed by atoms with Crippen LogP contribution in [0.2, 0.25) is 0 Å². The third-order valence-electron chi connectivity index (χ3n) is 3.26. The van der Waals surface area contributed by atoms with Gasteiger partial charge < -0.3 is 5.32 Å². The third kappa shape index (κ3) is 2.44. The molecule has 0 bridgehead atoms. The van der Waals surface area contributed by atoms with Gasteiger partial charge in [0.1, 0.15) is 5.82 Å². The summed E-state index contributed by atoms with van der Waals surface area (Å²) in [5.74, 6) is -0.155. The van der Waals surface area contributed by atoms with Gasteiger partial charge in [-0.05, 0) is 43.7 Å². The summed E-state index contributed by atoms with van der Waals surface area (Å²) >= 11 is 0. The van der Waals surface area contributed by atoms with Crippen LogP contribution in [0, 0.1) is 19.7 Å². The molecule has 2 rings (SSSR count). The zero-order chi connectivity index (χ0) is 13.1. The Morgan fingerprint density at radius 1 is 1.00 bits per heavy atom. The largest absolute Gasteiger partial charge is 0.309 e. The van der Waals surface area contributed by atoms with Gasteiger partial charge in [-0.15, -0.1) is 0 Å². The topological polar surface area (TPSA) is 12.0 Å². The fourth-order valence-electron chi connectivity index (χ4n) is 2.26. The SMILES string of the molecule is CNC(c1ccccc1C)c1ccc(C)cc1F. The Morgan fingerprint density at radius 3 is 2.33 bits per heavy atom. The molecule has 0 fully saturated rings. The van der Waals surface area contributed by atoms with Gasteiger partial charge in [-0.1, -0.05) is 36.4 Å². The van der Waals surface area contributed by atoms with Crippen molar-refractivity contribution in [2.45, 2.75) is 19.9 Å². The summed E-state index contributed by atoms with van der Waals surface area (Å²) < 4.78 is 14.1. The van der Waals surface area contributed by atoms with E-state index in [2.05, 4.69) is 5.32 Å². The summed E-state index contributed by atoms with van der Waals surface area (Å²) in [7, 11) is 1.86. The van der Waals surface area contributed by atoms with Crippen molar-refractivity contribution in [1.29, 1.82) is 0 Å². The van der Waals surface area contributed by atoms with E-state index in [1.165, 1.54) is 0 Å². The number of hydrogen-bond donors (Lipinski definition) is 1. The lowest BCUT2D eigenvalue weighted by Gasteiger charge is -2.20. The number of halogens is 1. The lowest BCUT2D eigenvalue weighted by Crippen LogP contribution is -2.20. The average molecular weight is 243 g/mol. The van der Waals surface area contributed by atoms with E-state index in [-0.39, 0.29) is 11.9 Å². The molecule has 0 aromatic heterocycles. The van der Waals surface area contributed by atoms with Gasteiger partial charge in [-0.2, -0.15) is 0 Å². The minimum absolute atomic E-state index is 0.105. The molecule has 94 valence electrons. The number of nitrogens with one attached hydrogen (secondary N) is 1. The van der Waals surface area contributed by atoms with Crippen LogP contribution in [0.1, 0.15) is 28.3 Å². The highest BCUT2D eigenvalue weighted by atomic mass is 19.1. The standard InChI is InChI=1S/C16H18FN/c1-11-8-9-14(15(17)10-11)16(18-3)13-7-5-4-6-12(13)2/h4-10,16,18H,1-3H3. The fraction of sp³-hybridized carbons (Fsp3) is 0.250. The van der Waals surface area contributed by atoms with E-state index >= 15 is 0 Å². The van der Waals surface area contributed by atoms with Gasteiger partial charge in [0, 0.05) is 5.56 Å². The molecule has 0 aliphatic heterocycles. The van der Waals surface area contributed by atoms with Crippen LogP contribution in [0.15, 0.2) is 42.5 Å². The van der Waals surface area contributed by atoms with Crippen molar-refractivity contribution in [2.24, 2.45) is 0 Å². The molecule has 1 nitrogen and oxygen atoms in total. The quantitative estimate of drug-likeness (QED) is 0.865. The van der Waals surface area contributed by atoms with E-state index in [1.807, 2.05) is 57.3 Å². The van der Waals surface area contributed by atoms with Crippen LogP contribution in [0.25, 0.3) is 0 Å². The van der Waals surface area contributed by atoms with Crippen LogP contribution in [0.4, 0.5) is 4.39 Å². The summed E-state index contributed by atoms with van der Waals surface area (Å²) in [4.78, 5) is 0. The first-order chi connectivity index (χ1) is 8.63. The maximum absolute atomic E-state index is 14.1. The molecule has 0 aliphatic carbocycles. The van der Waals surface area contributed by atoms with E-state index in [0.29, 0.717) is 5.56 Å². The zero-order valence-corrected chi connectivity index (χ0v) is 11.0. The molecule has 1 unspecified atom stereocenters. The highest BCUT2D eigenvalue weighted by Crippen LogP contribution is 2.26. The summed E-state index contributed by atoms with van der Waals surface area (Å²) in [6, 6.07) is 13.3. The molecule has 0 heterocycles. The van der Waals surface area contributed by atoms with Gasteiger partial charge in [-0.25, -0.2) is 4.39 Å². The van der Waals surface area contributed by atoms with Crippen molar-refractivity contribution in [1.82, 2.24) is 5.32 Å². The van der Waals surface area contributed by atoms with E-state index in [1.54, 1.807) is 6.07 Å². The smallest absolute Gasteiger partial charge is 0.128 e. The highest BCUT2D eigenvalue weighted by molar-refractivity contribution is 5.38. The first-order valence-corrected chi connectivity index (χ1v) is 6.12. The third-order valence-corrected chi connectivity index (χ3v) is 3.26. The Labute approximate surface area is 108 Å². The average Bonchev–Trinajstić information content (AvgIpc) is 2.34. The highest BCUT2D eigenvalue weighted by Gasteiger charge is 2.17. The summed E-state index contributed by atoms with van der Waals surface area (Å²) in [6.45, 7) is 3.95. The van der Waals surface area contributed by atoms with Gasteiger partial charge >= 0.3 is 0 Å². The Morgan fingerprint density at radius 2 is 1.72 bits per heavy atom. The fourth-order valence-corrected chi connectivity index (χ4v) is 2.26. The maximum atomic E-state index is 14.1. The zero-order valence-electron chi connectivity index (χ0n) is 11.0. The lowest BCUT2D eigenvalue weighted by atomic mass is 9.94. The number of aryl methyl sites for hydroxylation is 2. The molecule has 18 heavy (non-hydrogen) atoms. The van der Waals surface area contributed by atoms with Crippen LogP contribution in [-0.2, 0) is 0 Å². The second-order valence-corrected chi connectivity index (χ2v) is 4.60. The van der Waals surface area contributed by atoms with E-state index in [9.17, 15) is 4.39 Å². The summed E-state index contributed by atoms with van der Waals surface area (Å²) in [5.41, 5.74) is 3.91. The molecule has 1 atom stereocenters. The van der Waals surface area contributed by atoms with Crippen molar-refractivity contribution < 1.29 is 4.39 Å². The van der Waals surface area contributed by atoms with Crippen molar-refractivity contribution in [2.75, 3.05) is 7.05 Å². The van der Waals surface area contributed by atoms with E-state index in [4.69, 9.17) is 0 Å². The Kier molecular flexibility index (Phi) is 3.78. The first-order valence-electron chi connectivity index (χ1n) is 6.12. The molecule has 0 radical (unpaired) electrons. The van der Waals surface area contributed by atoms with Gasteiger partial charge in [0.05, 0.1) is 6.04 Å². The van der Waals surface area contributed by atoms with Gasteiger partial charge in [0.25, 0.3) is 0 Å². The molecular formula is C16H18FN.